The van der Waals surface area contributed by atoms with Gasteiger partial charge in [0.05, 0.1) is 0 Å². The number of fused-ring (bicyclic) bond motifs is 1. The molecule has 130 valence electrons. The molecule has 2 aromatic heterocycles. The molecule has 0 aliphatic rings. The third kappa shape index (κ3) is 3.89. The van der Waals surface area contributed by atoms with Crippen molar-refractivity contribution in [1.29, 1.82) is 0 Å². The molecule has 7 heteroatoms. The predicted octanol–water partition coefficient (Wildman–Crippen LogP) is 1.82. The number of likely N-dealkylation sites (N-methyl/N-ethyl adjacent to an activating group) is 1. The van der Waals surface area contributed by atoms with Crippen LogP contribution >= 0.6 is 0 Å². The lowest BCUT2D eigenvalue weighted by Gasteiger charge is -2.11. The molecule has 0 saturated heterocycles. The average Bonchev–Trinajstić information content (AvgIpc) is 3.02. The summed E-state index contributed by atoms with van der Waals surface area (Å²) in [5.41, 5.74) is 1.20. The van der Waals surface area contributed by atoms with E-state index in [2.05, 4.69) is 10.3 Å². The Hall–Kier alpha value is -3.06. The minimum absolute atomic E-state index is 0.256. The standard InChI is InChI=1S/C18H20N4O3/c1-21(2)10-11-25-14-8-6-13(7-9-14)20-18(24)15-12-19-16-4-3-5-17(23)22(15)16/h3-9,12,19H,10-11H2,1-2H3,(H,20,24). The van der Waals surface area contributed by atoms with E-state index in [1.807, 2.05) is 19.0 Å². The van der Waals surface area contributed by atoms with E-state index in [9.17, 15) is 9.59 Å². The molecule has 3 rings (SSSR count). The van der Waals surface area contributed by atoms with Gasteiger partial charge in [-0.05, 0) is 44.4 Å². The van der Waals surface area contributed by atoms with Gasteiger partial charge in [-0.25, -0.2) is 0 Å². The first kappa shape index (κ1) is 16.8. The Kier molecular flexibility index (Phi) is 4.85. The third-order valence-corrected chi connectivity index (χ3v) is 3.70. The van der Waals surface area contributed by atoms with Gasteiger partial charge in [-0.2, -0.15) is 0 Å². The summed E-state index contributed by atoms with van der Waals surface area (Å²) in [5, 5.41) is 2.78. The van der Waals surface area contributed by atoms with Crippen molar-refractivity contribution < 1.29 is 9.53 Å². The zero-order valence-electron chi connectivity index (χ0n) is 14.2. The zero-order valence-corrected chi connectivity index (χ0v) is 14.2. The maximum Gasteiger partial charge on any atom is 0.274 e. The Morgan fingerprint density at radius 3 is 2.68 bits per heavy atom. The van der Waals surface area contributed by atoms with Crippen LogP contribution in [0, 0.1) is 0 Å². The molecule has 0 aliphatic heterocycles. The Labute approximate surface area is 144 Å². The lowest BCUT2D eigenvalue weighted by atomic mass is 10.3. The van der Waals surface area contributed by atoms with Gasteiger partial charge in [0.15, 0.2) is 0 Å². The number of imidazole rings is 1. The van der Waals surface area contributed by atoms with Crippen LogP contribution in [-0.2, 0) is 0 Å². The molecule has 2 heterocycles. The topological polar surface area (TPSA) is 78.8 Å². The van der Waals surface area contributed by atoms with Crippen LogP contribution in [0.4, 0.5) is 5.69 Å². The first-order valence-electron chi connectivity index (χ1n) is 7.93. The van der Waals surface area contributed by atoms with E-state index in [4.69, 9.17) is 4.74 Å². The number of nitrogens with one attached hydrogen (secondary N) is 2. The third-order valence-electron chi connectivity index (χ3n) is 3.70. The van der Waals surface area contributed by atoms with Crippen molar-refractivity contribution in [3.8, 4) is 5.75 Å². The number of benzene rings is 1. The van der Waals surface area contributed by atoms with Crippen LogP contribution in [0.25, 0.3) is 5.65 Å². The van der Waals surface area contributed by atoms with Crippen LogP contribution in [0.15, 0.2) is 53.5 Å². The van der Waals surface area contributed by atoms with E-state index in [-0.39, 0.29) is 17.2 Å². The van der Waals surface area contributed by atoms with Crippen molar-refractivity contribution in [2.24, 2.45) is 0 Å². The second-order valence-electron chi connectivity index (χ2n) is 5.89. The van der Waals surface area contributed by atoms with E-state index in [0.29, 0.717) is 17.9 Å². The first-order valence-corrected chi connectivity index (χ1v) is 7.93. The molecular formula is C18H20N4O3. The van der Waals surface area contributed by atoms with Gasteiger partial charge in [0.25, 0.3) is 11.5 Å². The van der Waals surface area contributed by atoms with Gasteiger partial charge >= 0.3 is 0 Å². The smallest absolute Gasteiger partial charge is 0.274 e. The summed E-state index contributed by atoms with van der Waals surface area (Å²) < 4.78 is 6.96. The molecule has 25 heavy (non-hydrogen) atoms. The van der Waals surface area contributed by atoms with Crippen LogP contribution in [0.1, 0.15) is 10.5 Å². The molecular weight excluding hydrogens is 320 g/mol. The number of carbonyl (C=O) groups excluding carboxylic acids is 1. The highest BCUT2D eigenvalue weighted by atomic mass is 16.5. The second kappa shape index (κ2) is 7.23. The maximum atomic E-state index is 12.4. The lowest BCUT2D eigenvalue weighted by Crippen LogP contribution is -2.20. The van der Waals surface area contributed by atoms with E-state index < -0.39 is 0 Å². The van der Waals surface area contributed by atoms with Crippen LogP contribution in [-0.4, -0.2) is 47.4 Å². The normalized spacial score (nSPS) is 11.0. The largest absolute Gasteiger partial charge is 0.492 e. The number of rotatable bonds is 6. The summed E-state index contributed by atoms with van der Waals surface area (Å²) in [7, 11) is 3.97. The van der Waals surface area contributed by atoms with Gasteiger partial charge in [0.1, 0.15) is 23.7 Å². The number of aromatic amines is 1. The molecule has 0 radical (unpaired) electrons. The molecule has 1 aromatic carbocycles. The lowest BCUT2D eigenvalue weighted by molar-refractivity contribution is 0.102. The minimum atomic E-state index is -0.360. The van der Waals surface area contributed by atoms with Gasteiger partial charge in [-0.3, -0.25) is 14.0 Å². The molecule has 1 amide bonds. The highest BCUT2D eigenvalue weighted by molar-refractivity contribution is 6.03. The van der Waals surface area contributed by atoms with Crippen molar-refractivity contribution in [3.05, 3.63) is 64.7 Å². The molecule has 0 aliphatic carbocycles. The maximum absolute atomic E-state index is 12.4. The fourth-order valence-corrected chi connectivity index (χ4v) is 2.40. The van der Waals surface area contributed by atoms with E-state index in [1.54, 1.807) is 36.4 Å². The molecule has 0 atom stereocenters. The number of carbonyl (C=O) groups is 1. The number of anilines is 1. The van der Waals surface area contributed by atoms with Gasteiger partial charge in [0, 0.05) is 24.5 Å². The Balaban J connectivity index is 1.69. The highest BCUT2D eigenvalue weighted by Gasteiger charge is 2.13. The Morgan fingerprint density at radius 2 is 1.96 bits per heavy atom. The van der Waals surface area contributed by atoms with Crippen molar-refractivity contribution in [2.45, 2.75) is 0 Å². The predicted molar refractivity (Wildman–Crippen MR) is 96.5 cm³/mol. The molecule has 0 unspecified atom stereocenters. The van der Waals surface area contributed by atoms with Gasteiger partial charge in [0.2, 0.25) is 0 Å². The molecule has 0 bridgehead atoms. The molecule has 2 N–H and O–H groups in total. The number of hydrogen-bond acceptors (Lipinski definition) is 4. The minimum Gasteiger partial charge on any atom is -0.492 e. The van der Waals surface area contributed by atoms with E-state index >= 15 is 0 Å². The Bertz CT molecular complexity index is 925. The fraction of sp³-hybridized carbons (Fsp3) is 0.222. The number of hydrogen-bond donors (Lipinski definition) is 2. The Morgan fingerprint density at radius 1 is 1.20 bits per heavy atom. The summed E-state index contributed by atoms with van der Waals surface area (Å²) in [6.45, 7) is 1.42. The number of nitrogens with zero attached hydrogens (tertiary/aromatic N) is 2. The van der Waals surface area contributed by atoms with E-state index in [1.165, 1.54) is 16.7 Å². The number of pyridine rings is 1. The van der Waals surface area contributed by atoms with E-state index in [0.717, 1.165) is 12.3 Å². The first-order chi connectivity index (χ1) is 12.0. The van der Waals surface area contributed by atoms with Gasteiger partial charge in [-0.1, -0.05) is 6.07 Å². The van der Waals surface area contributed by atoms with Crippen molar-refractivity contribution >= 4 is 17.2 Å². The van der Waals surface area contributed by atoms with Crippen LogP contribution in [0.3, 0.4) is 0 Å². The fourth-order valence-electron chi connectivity index (χ4n) is 2.40. The number of aromatic nitrogens is 2. The van der Waals surface area contributed by atoms with Crippen LogP contribution in [0.5, 0.6) is 5.75 Å². The summed E-state index contributed by atoms with van der Waals surface area (Å²) in [4.78, 5) is 29.4. The second-order valence-corrected chi connectivity index (χ2v) is 5.89. The summed E-state index contributed by atoms with van der Waals surface area (Å²) >= 11 is 0. The van der Waals surface area contributed by atoms with Crippen molar-refractivity contribution in [2.75, 3.05) is 32.6 Å². The SMILES string of the molecule is CN(C)CCOc1ccc(NC(=O)c2c[nH]c3cccc(=O)n23)cc1. The monoisotopic (exact) mass is 340 g/mol. The quantitative estimate of drug-likeness (QED) is 0.717. The number of ether oxygens (including phenoxy) is 1. The number of amides is 1. The average molecular weight is 340 g/mol. The zero-order chi connectivity index (χ0) is 17.8. The van der Waals surface area contributed by atoms with Crippen molar-refractivity contribution in [3.63, 3.8) is 0 Å². The molecule has 7 nitrogen and oxygen atoms in total. The van der Waals surface area contributed by atoms with Crippen LogP contribution < -0.4 is 15.6 Å². The van der Waals surface area contributed by atoms with Gasteiger partial charge in [-0.15, -0.1) is 0 Å². The van der Waals surface area contributed by atoms with Gasteiger partial charge < -0.3 is 19.9 Å². The summed E-state index contributed by atoms with van der Waals surface area (Å²) in [6.07, 6.45) is 1.52. The highest BCUT2D eigenvalue weighted by Crippen LogP contribution is 2.16. The molecule has 0 saturated carbocycles. The number of H-pyrrole nitrogens is 1. The molecule has 3 aromatic rings. The molecule has 0 fully saturated rings. The van der Waals surface area contributed by atoms with Crippen molar-refractivity contribution in [1.82, 2.24) is 14.3 Å². The summed E-state index contributed by atoms with van der Waals surface area (Å²) in [5.74, 6) is 0.379. The van der Waals surface area contributed by atoms with Crippen LogP contribution in [0.2, 0.25) is 0 Å². The summed E-state index contributed by atoms with van der Waals surface area (Å²) in [6, 6.07) is 11.9. The molecule has 0 spiro atoms.